The Hall–Kier alpha value is -2.64. The Morgan fingerprint density at radius 2 is 2.24 bits per heavy atom. The molecular weight excluding hydrogens is 320 g/mol. The molecule has 2 aromatic rings. The van der Waals surface area contributed by atoms with Crippen LogP contribution in [-0.2, 0) is 13.6 Å². The first-order valence-electron chi connectivity index (χ1n) is 8.62. The zero-order valence-corrected chi connectivity index (χ0v) is 14.6. The molecule has 0 aliphatic heterocycles. The summed E-state index contributed by atoms with van der Waals surface area (Å²) in [5.74, 6) is 1.30. The minimum absolute atomic E-state index is 0.235. The molecule has 2 aromatic heterocycles. The molecule has 0 aromatic carbocycles. The van der Waals surface area contributed by atoms with Gasteiger partial charge in [0.05, 0.1) is 6.04 Å². The summed E-state index contributed by atoms with van der Waals surface area (Å²) in [5, 5.41) is 13.5. The third-order valence-corrected chi connectivity index (χ3v) is 4.35. The van der Waals surface area contributed by atoms with Crippen molar-refractivity contribution >= 4 is 6.03 Å². The summed E-state index contributed by atoms with van der Waals surface area (Å²) in [6.07, 6.45) is 8.09. The Labute approximate surface area is 147 Å². The van der Waals surface area contributed by atoms with Crippen molar-refractivity contribution in [3.63, 3.8) is 0 Å². The monoisotopic (exact) mass is 344 g/mol. The maximum Gasteiger partial charge on any atom is 0.315 e. The number of carbonyl (C=O) groups is 1. The molecule has 25 heavy (non-hydrogen) atoms. The summed E-state index contributed by atoms with van der Waals surface area (Å²) in [7, 11) is 1.84. The second-order valence-electron chi connectivity index (χ2n) is 6.34. The highest BCUT2D eigenvalue weighted by Crippen LogP contribution is 2.24. The molecule has 0 unspecified atom stereocenters. The number of nitrogens with zero attached hydrogens (tertiary/aromatic N) is 4. The van der Waals surface area contributed by atoms with Gasteiger partial charge in [0.15, 0.2) is 5.82 Å². The number of rotatable bonds is 6. The predicted octanol–water partition coefficient (Wildman–Crippen LogP) is 2.09. The summed E-state index contributed by atoms with van der Waals surface area (Å²) in [6.45, 7) is 2.22. The fourth-order valence-corrected chi connectivity index (χ4v) is 3.00. The minimum Gasteiger partial charge on any atom is -0.474 e. The molecule has 1 fully saturated rings. The van der Waals surface area contributed by atoms with Crippen molar-refractivity contribution < 1.29 is 9.53 Å². The quantitative estimate of drug-likeness (QED) is 0.837. The number of nitrogens with one attached hydrogen (secondary N) is 2. The van der Waals surface area contributed by atoms with Crippen molar-refractivity contribution in [1.29, 1.82) is 0 Å². The molecule has 8 nitrogen and oxygen atoms in total. The number of aryl methyl sites for hydroxylation is 1. The number of hydrogen-bond acceptors (Lipinski definition) is 5. The summed E-state index contributed by atoms with van der Waals surface area (Å²) in [4.78, 5) is 16.5. The first kappa shape index (κ1) is 17.2. The molecule has 0 spiro atoms. The van der Waals surface area contributed by atoms with Gasteiger partial charge in [-0.2, -0.15) is 0 Å². The van der Waals surface area contributed by atoms with Crippen LogP contribution in [0.2, 0.25) is 0 Å². The van der Waals surface area contributed by atoms with Crippen LogP contribution in [0.5, 0.6) is 5.88 Å². The number of amides is 2. The summed E-state index contributed by atoms with van der Waals surface area (Å²) in [6, 6.07) is 3.25. The maximum atomic E-state index is 12.1. The van der Waals surface area contributed by atoms with Crippen LogP contribution in [0.4, 0.5) is 4.79 Å². The number of urea groups is 1. The Balaban J connectivity index is 1.54. The van der Waals surface area contributed by atoms with E-state index in [9.17, 15) is 4.79 Å². The van der Waals surface area contributed by atoms with Crippen molar-refractivity contribution in [3.8, 4) is 5.88 Å². The second-order valence-corrected chi connectivity index (χ2v) is 6.34. The lowest BCUT2D eigenvalue weighted by Crippen LogP contribution is -2.37. The van der Waals surface area contributed by atoms with E-state index in [0.717, 1.165) is 18.4 Å². The summed E-state index contributed by atoms with van der Waals surface area (Å²) < 4.78 is 7.77. The fraction of sp³-hybridized carbons (Fsp3) is 0.529. The van der Waals surface area contributed by atoms with Gasteiger partial charge in [-0.3, -0.25) is 0 Å². The minimum atomic E-state index is -0.272. The van der Waals surface area contributed by atoms with E-state index < -0.39 is 0 Å². The van der Waals surface area contributed by atoms with Crippen LogP contribution in [0.1, 0.15) is 50.0 Å². The van der Waals surface area contributed by atoms with E-state index in [1.54, 1.807) is 17.1 Å². The van der Waals surface area contributed by atoms with E-state index in [0.29, 0.717) is 18.2 Å². The summed E-state index contributed by atoms with van der Waals surface area (Å²) in [5.41, 5.74) is 0.871. The number of ether oxygens (including phenoxy) is 1. The molecule has 1 saturated carbocycles. The van der Waals surface area contributed by atoms with Gasteiger partial charge in [-0.05, 0) is 38.7 Å². The average molecular weight is 344 g/mol. The fourth-order valence-electron chi connectivity index (χ4n) is 3.00. The number of aromatic nitrogens is 4. The van der Waals surface area contributed by atoms with Gasteiger partial charge in [-0.1, -0.05) is 6.07 Å². The van der Waals surface area contributed by atoms with E-state index in [1.165, 1.54) is 12.8 Å². The van der Waals surface area contributed by atoms with Crippen molar-refractivity contribution in [2.24, 2.45) is 7.05 Å². The zero-order chi connectivity index (χ0) is 17.6. The Kier molecular flexibility index (Phi) is 5.47. The van der Waals surface area contributed by atoms with Crippen LogP contribution >= 0.6 is 0 Å². The molecule has 1 aliphatic carbocycles. The summed E-state index contributed by atoms with van der Waals surface area (Å²) >= 11 is 0. The second kappa shape index (κ2) is 7.96. The third-order valence-electron chi connectivity index (χ3n) is 4.35. The van der Waals surface area contributed by atoms with Crippen LogP contribution in [0.15, 0.2) is 24.7 Å². The molecule has 2 heterocycles. The molecule has 0 bridgehead atoms. The number of carbonyl (C=O) groups excluding carboxylic acids is 1. The average Bonchev–Trinajstić information content (AvgIpc) is 3.25. The van der Waals surface area contributed by atoms with Gasteiger partial charge in [0, 0.05) is 25.4 Å². The van der Waals surface area contributed by atoms with E-state index in [2.05, 4.69) is 25.8 Å². The molecule has 0 radical (unpaired) electrons. The van der Waals surface area contributed by atoms with Gasteiger partial charge >= 0.3 is 6.03 Å². The largest absolute Gasteiger partial charge is 0.474 e. The third kappa shape index (κ3) is 4.46. The molecule has 134 valence electrons. The van der Waals surface area contributed by atoms with Gasteiger partial charge in [0.25, 0.3) is 0 Å². The van der Waals surface area contributed by atoms with Crippen LogP contribution < -0.4 is 15.4 Å². The highest BCUT2D eigenvalue weighted by molar-refractivity contribution is 5.74. The molecule has 0 saturated heterocycles. The molecule has 1 aliphatic rings. The van der Waals surface area contributed by atoms with E-state index in [-0.39, 0.29) is 18.2 Å². The molecule has 2 amide bonds. The molecule has 1 atom stereocenters. The number of hydrogen-bond donors (Lipinski definition) is 2. The van der Waals surface area contributed by atoms with Crippen molar-refractivity contribution in [3.05, 3.63) is 36.0 Å². The van der Waals surface area contributed by atoms with Crippen LogP contribution in [0.3, 0.4) is 0 Å². The Morgan fingerprint density at radius 1 is 1.44 bits per heavy atom. The molecule has 3 rings (SSSR count). The normalized spacial score (nSPS) is 15.8. The van der Waals surface area contributed by atoms with Crippen molar-refractivity contribution in [2.75, 3.05) is 0 Å². The smallest absolute Gasteiger partial charge is 0.315 e. The zero-order valence-electron chi connectivity index (χ0n) is 14.6. The van der Waals surface area contributed by atoms with E-state index in [1.807, 2.05) is 26.1 Å². The standard InChI is InChI=1S/C17H24N6O2/c1-12(15-22-20-11-23(15)2)21-17(24)19-10-13-6-5-9-18-16(13)25-14-7-3-4-8-14/h5-6,9,11-12,14H,3-4,7-8,10H2,1-2H3,(H2,19,21,24)/t12-/m1/s1. The van der Waals surface area contributed by atoms with Gasteiger partial charge in [0.2, 0.25) is 5.88 Å². The first-order chi connectivity index (χ1) is 12.1. The number of pyridine rings is 1. The predicted molar refractivity (Wildman–Crippen MR) is 91.9 cm³/mol. The Morgan fingerprint density at radius 3 is 2.96 bits per heavy atom. The van der Waals surface area contributed by atoms with E-state index >= 15 is 0 Å². The molecular formula is C17H24N6O2. The molecule has 8 heteroatoms. The van der Waals surface area contributed by atoms with Gasteiger partial charge < -0.3 is 19.9 Å². The lowest BCUT2D eigenvalue weighted by Gasteiger charge is -2.16. The Bertz CT molecular complexity index is 711. The van der Waals surface area contributed by atoms with E-state index in [4.69, 9.17) is 4.74 Å². The highest BCUT2D eigenvalue weighted by Gasteiger charge is 2.19. The highest BCUT2D eigenvalue weighted by atomic mass is 16.5. The first-order valence-corrected chi connectivity index (χ1v) is 8.62. The van der Waals surface area contributed by atoms with Crippen LogP contribution in [0, 0.1) is 0 Å². The van der Waals surface area contributed by atoms with Crippen molar-refractivity contribution in [2.45, 2.75) is 51.3 Å². The topological polar surface area (TPSA) is 94.0 Å². The van der Waals surface area contributed by atoms with Crippen LogP contribution in [-0.4, -0.2) is 31.9 Å². The van der Waals surface area contributed by atoms with Crippen LogP contribution in [0.25, 0.3) is 0 Å². The van der Waals surface area contributed by atoms with Gasteiger partial charge in [-0.25, -0.2) is 9.78 Å². The van der Waals surface area contributed by atoms with Crippen molar-refractivity contribution in [1.82, 2.24) is 30.4 Å². The SMILES string of the molecule is C[C@@H](NC(=O)NCc1cccnc1OC1CCCC1)c1nncn1C. The van der Waals surface area contributed by atoms with Gasteiger partial charge in [-0.15, -0.1) is 10.2 Å². The molecule has 2 N–H and O–H groups in total. The maximum absolute atomic E-state index is 12.1. The lowest BCUT2D eigenvalue weighted by molar-refractivity contribution is 0.198. The lowest BCUT2D eigenvalue weighted by atomic mass is 10.2. The van der Waals surface area contributed by atoms with Gasteiger partial charge in [0.1, 0.15) is 12.4 Å².